The molecule has 0 unspecified atom stereocenters. The Hall–Kier alpha value is -0.870. The van der Waals surface area contributed by atoms with E-state index in [2.05, 4.69) is 17.0 Å². The largest absolute Gasteiger partial charge is 0.360 e. The maximum Gasteiger partial charge on any atom is 0.151 e. The Morgan fingerprint density at radius 2 is 2.40 bits per heavy atom. The van der Waals surface area contributed by atoms with Crippen LogP contribution in [-0.4, -0.2) is 22.6 Å². The van der Waals surface area contributed by atoms with Gasteiger partial charge in [-0.2, -0.15) is 0 Å². The van der Waals surface area contributed by atoms with Crippen LogP contribution in [0.3, 0.4) is 0 Å². The molecular formula is C11H19N3O. The Balaban J connectivity index is 1.92. The number of nitrogens with two attached hydrogens (primary N) is 1. The van der Waals surface area contributed by atoms with Crippen molar-refractivity contribution in [3.05, 3.63) is 17.5 Å². The molecule has 1 aliphatic carbocycles. The van der Waals surface area contributed by atoms with Crippen LogP contribution in [0, 0.1) is 0 Å². The first-order valence-electron chi connectivity index (χ1n) is 5.72. The lowest BCUT2D eigenvalue weighted by Gasteiger charge is -2.18. The van der Waals surface area contributed by atoms with Crippen LogP contribution in [0.2, 0.25) is 0 Å². The van der Waals surface area contributed by atoms with E-state index in [1.807, 2.05) is 6.07 Å². The maximum absolute atomic E-state index is 5.49. The Labute approximate surface area is 90.4 Å². The summed E-state index contributed by atoms with van der Waals surface area (Å²) in [5.41, 5.74) is 6.33. The summed E-state index contributed by atoms with van der Waals surface area (Å²) in [7, 11) is 0. The molecule has 0 spiro atoms. The molecule has 0 saturated heterocycles. The van der Waals surface area contributed by atoms with Gasteiger partial charge in [0.2, 0.25) is 0 Å². The summed E-state index contributed by atoms with van der Waals surface area (Å²) in [6.45, 7) is 4.69. The lowest BCUT2D eigenvalue weighted by molar-refractivity contribution is 0.222. The summed E-state index contributed by atoms with van der Waals surface area (Å²) < 4.78 is 5.24. The van der Waals surface area contributed by atoms with Gasteiger partial charge >= 0.3 is 0 Å². The highest BCUT2D eigenvalue weighted by molar-refractivity contribution is 5.05. The van der Waals surface area contributed by atoms with Crippen molar-refractivity contribution in [1.82, 2.24) is 10.1 Å². The highest BCUT2D eigenvalue weighted by Crippen LogP contribution is 2.28. The van der Waals surface area contributed by atoms with Crippen LogP contribution in [0.15, 0.2) is 10.6 Å². The van der Waals surface area contributed by atoms with Crippen molar-refractivity contribution in [1.29, 1.82) is 0 Å². The van der Waals surface area contributed by atoms with E-state index < -0.39 is 0 Å². The third kappa shape index (κ3) is 2.79. The summed E-state index contributed by atoms with van der Waals surface area (Å²) in [5, 5.41) is 3.90. The monoisotopic (exact) mass is 209 g/mol. The molecule has 0 amide bonds. The highest BCUT2D eigenvalue weighted by atomic mass is 16.5. The quantitative estimate of drug-likeness (QED) is 0.771. The van der Waals surface area contributed by atoms with E-state index in [1.165, 1.54) is 19.3 Å². The van der Waals surface area contributed by atoms with Gasteiger partial charge < -0.3 is 10.3 Å². The number of rotatable bonds is 6. The predicted octanol–water partition coefficient (Wildman–Crippen LogP) is 1.51. The van der Waals surface area contributed by atoms with Crippen LogP contribution in [-0.2, 0) is 13.1 Å². The fourth-order valence-electron chi connectivity index (χ4n) is 1.84. The van der Waals surface area contributed by atoms with Crippen molar-refractivity contribution in [3.8, 4) is 0 Å². The normalized spacial score (nSPS) is 16.2. The van der Waals surface area contributed by atoms with Crippen molar-refractivity contribution in [2.24, 2.45) is 5.73 Å². The Morgan fingerprint density at radius 3 is 2.93 bits per heavy atom. The number of nitrogens with zero attached hydrogens (tertiary/aromatic N) is 2. The van der Waals surface area contributed by atoms with Crippen LogP contribution in [0.1, 0.15) is 37.6 Å². The summed E-state index contributed by atoms with van der Waals surface area (Å²) in [4.78, 5) is 2.47. The summed E-state index contributed by atoms with van der Waals surface area (Å²) >= 11 is 0. The first-order valence-corrected chi connectivity index (χ1v) is 5.72. The minimum atomic E-state index is 0.459. The van der Waals surface area contributed by atoms with E-state index in [9.17, 15) is 0 Å². The second-order valence-corrected chi connectivity index (χ2v) is 4.19. The van der Waals surface area contributed by atoms with E-state index in [4.69, 9.17) is 10.3 Å². The van der Waals surface area contributed by atoms with Gasteiger partial charge in [0.1, 0.15) is 0 Å². The molecule has 4 nitrogen and oxygen atoms in total. The SMILES string of the molecule is CCCN(Cc1cc(CN)no1)C1CC1. The standard InChI is InChI=1S/C11H19N3O/c1-2-5-14(10-3-4-10)8-11-6-9(7-12)13-15-11/h6,10H,2-5,7-8,12H2,1H3. The summed E-state index contributed by atoms with van der Waals surface area (Å²) in [6.07, 6.45) is 3.85. The van der Waals surface area contributed by atoms with Gasteiger partial charge in [-0.05, 0) is 25.8 Å². The summed E-state index contributed by atoms with van der Waals surface area (Å²) in [6, 6.07) is 2.74. The third-order valence-electron chi connectivity index (χ3n) is 2.75. The van der Waals surface area contributed by atoms with E-state index in [0.29, 0.717) is 6.54 Å². The average molecular weight is 209 g/mol. The lowest BCUT2D eigenvalue weighted by Crippen LogP contribution is -2.26. The van der Waals surface area contributed by atoms with Crippen LogP contribution in [0.25, 0.3) is 0 Å². The van der Waals surface area contributed by atoms with E-state index in [1.54, 1.807) is 0 Å². The first-order chi connectivity index (χ1) is 7.33. The second-order valence-electron chi connectivity index (χ2n) is 4.19. The molecule has 1 aromatic rings. The van der Waals surface area contributed by atoms with Crippen LogP contribution < -0.4 is 5.73 Å². The van der Waals surface area contributed by atoms with Crippen molar-refractivity contribution >= 4 is 0 Å². The molecule has 2 rings (SSSR count). The van der Waals surface area contributed by atoms with E-state index in [-0.39, 0.29) is 0 Å². The highest BCUT2D eigenvalue weighted by Gasteiger charge is 2.28. The zero-order valence-corrected chi connectivity index (χ0v) is 9.28. The van der Waals surface area contributed by atoms with Crippen LogP contribution >= 0.6 is 0 Å². The average Bonchev–Trinajstić information content (AvgIpc) is 2.99. The van der Waals surface area contributed by atoms with Gasteiger partial charge in [0, 0.05) is 18.7 Å². The van der Waals surface area contributed by atoms with Crippen molar-refractivity contribution in [2.75, 3.05) is 6.54 Å². The molecule has 15 heavy (non-hydrogen) atoms. The minimum Gasteiger partial charge on any atom is -0.360 e. The zero-order valence-electron chi connectivity index (χ0n) is 9.28. The zero-order chi connectivity index (χ0) is 10.7. The molecule has 0 aromatic carbocycles. The molecule has 84 valence electrons. The topological polar surface area (TPSA) is 55.3 Å². The van der Waals surface area contributed by atoms with E-state index in [0.717, 1.165) is 30.6 Å². The first kappa shape index (κ1) is 10.6. The Morgan fingerprint density at radius 1 is 1.60 bits per heavy atom. The molecule has 0 aliphatic heterocycles. The van der Waals surface area contributed by atoms with Crippen molar-refractivity contribution in [3.63, 3.8) is 0 Å². The second kappa shape index (κ2) is 4.77. The van der Waals surface area contributed by atoms with E-state index >= 15 is 0 Å². The van der Waals surface area contributed by atoms with Crippen molar-refractivity contribution < 1.29 is 4.52 Å². The lowest BCUT2D eigenvalue weighted by atomic mass is 10.3. The molecule has 1 saturated carbocycles. The maximum atomic E-state index is 5.49. The Kier molecular flexibility index (Phi) is 3.38. The molecule has 1 aromatic heterocycles. The smallest absolute Gasteiger partial charge is 0.151 e. The third-order valence-corrected chi connectivity index (χ3v) is 2.75. The van der Waals surface area contributed by atoms with Gasteiger partial charge in [-0.25, -0.2) is 0 Å². The molecule has 0 bridgehead atoms. The van der Waals surface area contributed by atoms with Gasteiger partial charge in [0.25, 0.3) is 0 Å². The van der Waals surface area contributed by atoms with Crippen LogP contribution in [0.4, 0.5) is 0 Å². The Bertz CT molecular complexity index is 307. The summed E-state index contributed by atoms with van der Waals surface area (Å²) in [5.74, 6) is 0.941. The fraction of sp³-hybridized carbons (Fsp3) is 0.727. The predicted molar refractivity (Wildman–Crippen MR) is 58.1 cm³/mol. The van der Waals surface area contributed by atoms with Gasteiger partial charge in [-0.1, -0.05) is 12.1 Å². The molecule has 4 heteroatoms. The molecule has 0 atom stereocenters. The van der Waals surface area contributed by atoms with Gasteiger partial charge in [-0.15, -0.1) is 0 Å². The molecule has 1 aliphatic rings. The number of hydrogen-bond acceptors (Lipinski definition) is 4. The number of aromatic nitrogens is 1. The van der Waals surface area contributed by atoms with Crippen LogP contribution in [0.5, 0.6) is 0 Å². The van der Waals surface area contributed by atoms with Gasteiger partial charge in [-0.3, -0.25) is 4.90 Å². The molecule has 1 fully saturated rings. The molecule has 1 heterocycles. The van der Waals surface area contributed by atoms with Gasteiger partial charge in [0.05, 0.1) is 12.2 Å². The fourth-order valence-corrected chi connectivity index (χ4v) is 1.84. The molecular weight excluding hydrogens is 190 g/mol. The molecule has 0 radical (unpaired) electrons. The molecule has 2 N–H and O–H groups in total. The number of hydrogen-bond donors (Lipinski definition) is 1. The van der Waals surface area contributed by atoms with Gasteiger partial charge in [0.15, 0.2) is 5.76 Å². The van der Waals surface area contributed by atoms with Crippen molar-refractivity contribution in [2.45, 2.75) is 45.3 Å². The minimum absolute atomic E-state index is 0.459.